The Balaban J connectivity index is 1.56. The van der Waals surface area contributed by atoms with Gasteiger partial charge in [-0.3, -0.25) is 10.7 Å². The van der Waals surface area contributed by atoms with Crippen molar-refractivity contribution in [3.63, 3.8) is 0 Å². The van der Waals surface area contributed by atoms with Crippen LogP contribution in [-0.2, 0) is 9.47 Å². The van der Waals surface area contributed by atoms with Crippen LogP contribution in [0.1, 0.15) is 35.4 Å². The van der Waals surface area contributed by atoms with Gasteiger partial charge in [0.1, 0.15) is 17.3 Å². The molecule has 2 saturated heterocycles. The van der Waals surface area contributed by atoms with Crippen molar-refractivity contribution in [2.24, 2.45) is 5.41 Å². The Labute approximate surface area is 189 Å². The molecule has 0 saturated carbocycles. The standard InChI is InChI=1S/C22H25FN4O4S/c1-13(15-11-14(28)3-4-16(15)23)18-17(19(24)30-2)25-20(32-18)26-21(29)27-8-5-22(12-27)6-9-31-10-7-22/h3-4,11,24,28H,1,5-10,12H2,2H3,(H,25,26,29). The second kappa shape index (κ2) is 8.87. The van der Waals surface area contributed by atoms with Crippen molar-refractivity contribution in [3.8, 4) is 5.75 Å². The van der Waals surface area contributed by atoms with Crippen LogP contribution >= 0.6 is 11.3 Å². The number of ether oxygens (including phenoxy) is 2. The monoisotopic (exact) mass is 460 g/mol. The number of urea groups is 1. The summed E-state index contributed by atoms with van der Waals surface area (Å²) in [7, 11) is 1.33. The summed E-state index contributed by atoms with van der Waals surface area (Å²) >= 11 is 1.08. The Morgan fingerprint density at radius 1 is 1.41 bits per heavy atom. The first-order chi connectivity index (χ1) is 15.3. The topological polar surface area (TPSA) is 108 Å². The van der Waals surface area contributed by atoms with Crippen LogP contribution < -0.4 is 5.32 Å². The highest BCUT2D eigenvalue weighted by Gasteiger charge is 2.41. The summed E-state index contributed by atoms with van der Waals surface area (Å²) in [6.45, 7) is 6.71. The van der Waals surface area contributed by atoms with E-state index in [1.54, 1.807) is 4.90 Å². The van der Waals surface area contributed by atoms with Crippen LogP contribution in [0.4, 0.5) is 14.3 Å². The van der Waals surface area contributed by atoms with Crippen LogP contribution in [0.3, 0.4) is 0 Å². The number of hydrogen-bond acceptors (Lipinski definition) is 7. The van der Waals surface area contributed by atoms with Gasteiger partial charge in [-0.25, -0.2) is 14.2 Å². The minimum Gasteiger partial charge on any atom is -0.508 e. The quantitative estimate of drug-likeness (QED) is 0.471. The smallest absolute Gasteiger partial charge is 0.323 e. The van der Waals surface area contributed by atoms with Gasteiger partial charge in [-0.2, -0.15) is 0 Å². The average Bonchev–Trinajstić information content (AvgIpc) is 3.39. The van der Waals surface area contributed by atoms with Crippen molar-refractivity contribution in [3.05, 3.63) is 46.7 Å². The number of halogens is 1. The Kier molecular flexibility index (Phi) is 6.16. The molecule has 3 N–H and O–H groups in total. The molecule has 1 spiro atoms. The Morgan fingerprint density at radius 3 is 2.88 bits per heavy atom. The number of phenolic OH excluding ortho intramolecular Hbond substituents is 1. The molecule has 0 bridgehead atoms. The number of thiazole rings is 1. The van der Waals surface area contributed by atoms with Crippen molar-refractivity contribution >= 4 is 34.0 Å². The third kappa shape index (κ3) is 4.33. The molecule has 1 aromatic carbocycles. The first kappa shape index (κ1) is 22.2. The molecule has 4 rings (SSSR count). The van der Waals surface area contributed by atoms with Crippen LogP contribution in [0.15, 0.2) is 24.8 Å². The molecule has 2 aliphatic heterocycles. The fourth-order valence-corrected chi connectivity index (χ4v) is 5.12. The number of likely N-dealkylation sites (tertiary alicyclic amines) is 1. The average molecular weight is 461 g/mol. The van der Waals surface area contributed by atoms with Gasteiger partial charge in [-0.15, -0.1) is 0 Å². The summed E-state index contributed by atoms with van der Waals surface area (Å²) in [6, 6.07) is 3.37. The van der Waals surface area contributed by atoms with Gasteiger partial charge >= 0.3 is 6.03 Å². The highest BCUT2D eigenvalue weighted by molar-refractivity contribution is 7.17. The molecule has 0 aliphatic carbocycles. The van der Waals surface area contributed by atoms with Crippen LogP contribution in [0.2, 0.25) is 0 Å². The van der Waals surface area contributed by atoms with Gasteiger partial charge in [0, 0.05) is 31.9 Å². The zero-order chi connectivity index (χ0) is 22.9. The van der Waals surface area contributed by atoms with Gasteiger partial charge < -0.3 is 19.5 Å². The molecule has 0 unspecified atom stereocenters. The summed E-state index contributed by atoms with van der Waals surface area (Å²) in [4.78, 5) is 19.4. The largest absolute Gasteiger partial charge is 0.508 e. The Bertz CT molecular complexity index is 1060. The van der Waals surface area contributed by atoms with E-state index in [1.165, 1.54) is 19.2 Å². The molecular formula is C22H25FN4O4S. The number of nitrogens with zero attached hydrogens (tertiary/aromatic N) is 2. The summed E-state index contributed by atoms with van der Waals surface area (Å²) in [6.07, 6.45) is 2.84. The molecule has 10 heteroatoms. The molecule has 0 atom stereocenters. The zero-order valence-electron chi connectivity index (χ0n) is 17.7. The van der Waals surface area contributed by atoms with Crippen LogP contribution in [0.5, 0.6) is 5.75 Å². The lowest BCUT2D eigenvalue weighted by molar-refractivity contribution is 0.0211. The molecule has 8 nitrogen and oxygen atoms in total. The number of carbonyl (C=O) groups is 1. The molecule has 3 heterocycles. The van der Waals surface area contributed by atoms with Gasteiger partial charge in [0.05, 0.1) is 12.0 Å². The second-order valence-corrected chi connectivity index (χ2v) is 9.09. The number of rotatable bonds is 4. The van der Waals surface area contributed by atoms with Crippen molar-refractivity contribution in [1.82, 2.24) is 9.88 Å². The lowest BCUT2D eigenvalue weighted by atomic mass is 9.80. The van der Waals surface area contributed by atoms with Gasteiger partial charge in [0.2, 0.25) is 5.90 Å². The number of amides is 2. The first-order valence-electron chi connectivity index (χ1n) is 10.3. The summed E-state index contributed by atoms with van der Waals surface area (Å²) in [5.41, 5.74) is 0.574. The lowest BCUT2D eigenvalue weighted by Gasteiger charge is -2.33. The maximum Gasteiger partial charge on any atom is 0.323 e. The maximum atomic E-state index is 14.4. The van der Waals surface area contributed by atoms with E-state index >= 15 is 0 Å². The first-order valence-corrected chi connectivity index (χ1v) is 11.1. The Morgan fingerprint density at radius 2 is 2.16 bits per heavy atom. The molecule has 170 valence electrons. The number of aromatic nitrogens is 1. The number of nitrogens with one attached hydrogen (secondary N) is 2. The van der Waals surface area contributed by atoms with Gasteiger partial charge in [0.25, 0.3) is 0 Å². The number of aromatic hydroxyl groups is 1. The normalized spacial score (nSPS) is 17.4. The van der Waals surface area contributed by atoms with Crippen molar-refractivity contribution in [2.45, 2.75) is 19.3 Å². The molecule has 2 aromatic rings. The molecule has 2 aliphatic rings. The van der Waals surface area contributed by atoms with E-state index in [2.05, 4.69) is 16.9 Å². The third-order valence-electron chi connectivity index (χ3n) is 6.09. The number of anilines is 1. The molecule has 1 aromatic heterocycles. The minimum absolute atomic E-state index is 0.0812. The van der Waals surface area contributed by atoms with Crippen LogP contribution in [-0.4, -0.2) is 60.3 Å². The summed E-state index contributed by atoms with van der Waals surface area (Å²) in [5, 5.41) is 20.9. The number of phenols is 1. The number of methoxy groups -OCH3 is 1. The molecular weight excluding hydrogens is 435 g/mol. The highest BCUT2D eigenvalue weighted by Crippen LogP contribution is 2.40. The highest BCUT2D eigenvalue weighted by atomic mass is 32.1. The number of benzene rings is 1. The SMILES string of the molecule is C=C(c1cc(O)ccc1F)c1sc(NC(=O)N2CCC3(CCOCC3)C2)nc1C(=N)OC. The minimum atomic E-state index is -0.569. The zero-order valence-corrected chi connectivity index (χ0v) is 18.6. The van der Waals surface area contributed by atoms with Crippen LogP contribution in [0, 0.1) is 16.6 Å². The van der Waals surface area contributed by atoms with Gasteiger partial charge in [-0.1, -0.05) is 17.9 Å². The van der Waals surface area contributed by atoms with Gasteiger partial charge in [0.15, 0.2) is 5.13 Å². The van der Waals surface area contributed by atoms with E-state index < -0.39 is 5.82 Å². The number of hydrogen-bond donors (Lipinski definition) is 3. The fraction of sp³-hybridized carbons (Fsp3) is 0.409. The van der Waals surface area contributed by atoms with E-state index in [0.717, 1.165) is 49.9 Å². The van der Waals surface area contributed by atoms with E-state index in [4.69, 9.17) is 14.9 Å². The molecule has 32 heavy (non-hydrogen) atoms. The van der Waals surface area contributed by atoms with Gasteiger partial charge in [-0.05, 0) is 48.4 Å². The summed E-state index contributed by atoms with van der Waals surface area (Å²) in [5.74, 6) is -0.915. The van der Waals surface area contributed by atoms with E-state index in [0.29, 0.717) is 18.0 Å². The molecule has 2 amide bonds. The van der Waals surface area contributed by atoms with Crippen molar-refractivity contribution in [2.75, 3.05) is 38.7 Å². The van der Waals surface area contributed by atoms with E-state index in [9.17, 15) is 14.3 Å². The third-order valence-corrected chi connectivity index (χ3v) is 7.12. The number of carbonyl (C=O) groups excluding carboxylic acids is 1. The summed E-state index contributed by atoms with van der Waals surface area (Å²) < 4.78 is 24.8. The maximum absolute atomic E-state index is 14.4. The molecule has 2 fully saturated rings. The van der Waals surface area contributed by atoms with Crippen molar-refractivity contribution in [1.29, 1.82) is 5.41 Å². The van der Waals surface area contributed by atoms with Crippen molar-refractivity contribution < 1.29 is 23.8 Å². The molecule has 0 radical (unpaired) electrons. The second-order valence-electron chi connectivity index (χ2n) is 8.09. The van der Waals surface area contributed by atoms with Crippen LogP contribution in [0.25, 0.3) is 5.57 Å². The predicted octanol–water partition coefficient (Wildman–Crippen LogP) is 4.06. The van der Waals surface area contributed by atoms with E-state index in [-0.39, 0.29) is 45.1 Å². The van der Waals surface area contributed by atoms with E-state index in [1.807, 2.05) is 0 Å². The fourth-order valence-electron chi connectivity index (χ4n) is 4.19. The predicted molar refractivity (Wildman–Crippen MR) is 120 cm³/mol. The Hall–Kier alpha value is -2.98. The lowest BCUT2D eigenvalue weighted by Crippen LogP contribution is -2.37.